The first-order valence-corrected chi connectivity index (χ1v) is 5.32. The zero-order chi connectivity index (χ0) is 9.26. The lowest BCUT2D eigenvalue weighted by Gasteiger charge is -1.99. The van der Waals surface area contributed by atoms with E-state index in [1.807, 2.05) is 24.3 Å². The van der Waals surface area contributed by atoms with Crippen molar-refractivity contribution in [1.82, 2.24) is 0 Å². The molecule has 2 nitrogen and oxygen atoms in total. The molecule has 0 amide bonds. The summed E-state index contributed by atoms with van der Waals surface area (Å²) in [5.41, 5.74) is 0.693. The van der Waals surface area contributed by atoms with E-state index in [9.17, 15) is 5.21 Å². The zero-order valence-electron chi connectivity index (χ0n) is 6.61. The topological polar surface area (TPSA) is 26.9 Å². The minimum absolute atomic E-state index is 0.693. The van der Waals surface area contributed by atoms with Gasteiger partial charge in [-0.05, 0) is 34.1 Å². The lowest BCUT2D eigenvalue weighted by atomic mass is 10.3. The van der Waals surface area contributed by atoms with Crippen LogP contribution < -0.4 is 4.73 Å². The molecule has 0 saturated heterocycles. The predicted molar refractivity (Wildman–Crippen MR) is 56.4 cm³/mol. The van der Waals surface area contributed by atoms with Crippen molar-refractivity contribution in [2.24, 2.45) is 0 Å². The van der Waals surface area contributed by atoms with E-state index in [2.05, 4.69) is 15.9 Å². The largest absolute Gasteiger partial charge is 0.618 e. The maximum absolute atomic E-state index is 11.3. The second-order valence-corrected chi connectivity index (χ2v) is 4.98. The van der Waals surface area contributed by atoms with Crippen LogP contribution in [0.3, 0.4) is 0 Å². The Morgan fingerprint density at radius 2 is 2.08 bits per heavy atom. The van der Waals surface area contributed by atoms with Gasteiger partial charge in [0.05, 0.1) is 3.79 Å². The van der Waals surface area contributed by atoms with Gasteiger partial charge in [0.15, 0.2) is 6.20 Å². The molecule has 0 atom stereocenters. The predicted octanol–water partition coefficient (Wildman–Crippen LogP) is 2.81. The standard InChI is InChI=1S/C9H6BrNOS/c10-9-5-4-8(13-9)7-3-1-2-6-11(7)12/h1-6H. The van der Waals surface area contributed by atoms with Crippen molar-refractivity contribution in [1.29, 1.82) is 0 Å². The molecule has 0 fully saturated rings. The molecular formula is C9H6BrNOS. The van der Waals surface area contributed by atoms with Crippen LogP contribution >= 0.6 is 27.3 Å². The van der Waals surface area contributed by atoms with Crippen molar-refractivity contribution >= 4 is 27.3 Å². The minimum Gasteiger partial charge on any atom is -0.618 e. The molecule has 0 radical (unpaired) electrons. The number of hydrogen-bond acceptors (Lipinski definition) is 2. The minimum atomic E-state index is 0.693. The van der Waals surface area contributed by atoms with Gasteiger partial charge in [-0.25, -0.2) is 0 Å². The van der Waals surface area contributed by atoms with Gasteiger partial charge in [0, 0.05) is 12.1 Å². The van der Waals surface area contributed by atoms with Crippen LogP contribution in [0, 0.1) is 5.21 Å². The molecule has 0 aromatic carbocycles. The van der Waals surface area contributed by atoms with Crippen molar-refractivity contribution in [3.05, 3.63) is 45.5 Å². The normalized spacial score (nSPS) is 10.2. The van der Waals surface area contributed by atoms with Crippen LogP contribution in [0.5, 0.6) is 0 Å². The van der Waals surface area contributed by atoms with Gasteiger partial charge in [-0.1, -0.05) is 0 Å². The SMILES string of the molecule is [O-][n+]1ccccc1-c1ccc(Br)s1. The number of aromatic nitrogens is 1. The van der Waals surface area contributed by atoms with E-state index in [0.29, 0.717) is 5.69 Å². The zero-order valence-corrected chi connectivity index (χ0v) is 9.01. The smallest absolute Gasteiger partial charge is 0.233 e. The summed E-state index contributed by atoms with van der Waals surface area (Å²) in [6, 6.07) is 9.26. The average Bonchev–Trinajstić information content (AvgIpc) is 2.53. The van der Waals surface area contributed by atoms with Crippen LogP contribution in [0.25, 0.3) is 10.6 Å². The maximum Gasteiger partial charge on any atom is 0.233 e. The Hall–Kier alpha value is -0.870. The fraction of sp³-hybridized carbons (Fsp3) is 0. The van der Waals surface area contributed by atoms with Crippen molar-refractivity contribution in [3.8, 4) is 10.6 Å². The van der Waals surface area contributed by atoms with E-state index in [1.54, 1.807) is 17.4 Å². The highest BCUT2D eigenvalue weighted by Crippen LogP contribution is 2.28. The van der Waals surface area contributed by atoms with E-state index >= 15 is 0 Å². The monoisotopic (exact) mass is 255 g/mol. The van der Waals surface area contributed by atoms with E-state index in [0.717, 1.165) is 13.4 Å². The Bertz CT molecular complexity index is 427. The molecule has 2 aromatic rings. The Balaban J connectivity index is 2.52. The average molecular weight is 256 g/mol. The number of nitrogens with zero attached hydrogens (tertiary/aromatic N) is 1. The summed E-state index contributed by atoms with van der Waals surface area (Å²) in [7, 11) is 0. The van der Waals surface area contributed by atoms with E-state index in [-0.39, 0.29) is 0 Å². The van der Waals surface area contributed by atoms with Gasteiger partial charge in [-0.2, -0.15) is 4.73 Å². The third-order valence-corrected chi connectivity index (χ3v) is 3.30. The first-order valence-electron chi connectivity index (χ1n) is 3.71. The van der Waals surface area contributed by atoms with Crippen LogP contribution in [0.2, 0.25) is 0 Å². The second kappa shape index (κ2) is 3.47. The lowest BCUT2D eigenvalue weighted by molar-refractivity contribution is -0.593. The Morgan fingerprint density at radius 1 is 1.23 bits per heavy atom. The Morgan fingerprint density at radius 3 is 2.69 bits per heavy atom. The molecule has 66 valence electrons. The first kappa shape index (κ1) is 8.72. The lowest BCUT2D eigenvalue weighted by Crippen LogP contribution is -2.27. The van der Waals surface area contributed by atoms with E-state index in [1.165, 1.54) is 6.20 Å². The molecule has 0 N–H and O–H groups in total. The number of hydrogen-bond donors (Lipinski definition) is 0. The number of rotatable bonds is 1. The Labute approximate surface area is 88.2 Å². The van der Waals surface area contributed by atoms with Crippen LogP contribution in [0.1, 0.15) is 0 Å². The molecule has 4 heteroatoms. The first-order chi connectivity index (χ1) is 6.27. The highest BCUT2D eigenvalue weighted by molar-refractivity contribution is 9.11. The molecule has 0 bridgehead atoms. The molecular weight excluding hydrogens is 250 g/mol. The van der Waals surface area contributed by atoms with E-state index in [4.69, 9.17) is 0 Å². The molecule has 13 heavy (non-hydrogen) atoms. The summed E-state index contributed by atoms with van der Waals surface area (Å²) in [5, 5.41) is 11.3. The quantitative estimate of drug-likeness (QED) is 0.569. The van der Waals surface area contributed by atoms with Crippen molar-refractivity contribution in [2.75, 3.05) is 0 Å². The molecule has 0 aliphatic heterocycles. The summed E-state index contributed by atoms with van der Waals surface area (Å²) in [6.45, 7) is 0. The Kier molecular flexibility index (Phi) is 2.33. The van der Waals surface area contributed by atoms with Crippen LogP contribution in [0.4, 0.5) is 0 Å². The third-order valence-electron chi connectivity index (χ3n) is 1.65. The van der Waals surface area contributed by atoms with Crippen molar-refractivity contribution in [2.45, 2.75) is 0 Å². The molecule has 2 aromatic heterocycles. The van der Waals surface area contributed by atoms with Gasteiger partial charge in [0.2, 0.25) is 5.69 Å². The molecule has 2 rings (SSSR count). The number of thiophene rings is 1. The number of halogens is 1. The highest BCUT2D eigenvalue weighted by Gasteiger charge is 2.08. The van der Waals surface area contributed by atoms with Gasteiger partial charge >= 0.3 is 0 Å². The van der Waals surface area contributed by atoms with Gasteiger partial charge < -0.3 is 5.21 Å². The third kappa shape index (κ3) is 1.73. The van der Waals surface area contributed by atoms with Crippen LogP contribution in [-0.4, -0.2) is 0 Å². The van der Waals surface area contributed by atoms with E-state index < -0.39 is 0 Å². The number of pyridine rings is 1. The molecule has 0 spiro atoms. The molecule has 0 saturated carbocycles. The summed E-state index contributed by atoms with van der Waals surface area (Å²) >= 11 is 4.91. The van der Waals surface area contributed by atoms with Crippen molar-refractivity contribution < 1.29 is 4.73 Å². The molecule has 0 aliphatic rings. The fourth-order valence-corrected chi connectivity index (χ4v) is 2.47. The molecule has 0 aliphatic carbocycles. The maximum atomic E-state index is 11.3. The molecule has 2 heterocycles. The van der Waals surface area contributed by atoms with Gasteiger partial charge in [0.25, 0.3) is 0 Å². The van der Waals surface area contributed by atoms with Gasteiger partial charge in [-0.15, -0.1) is 11.3 Å². The van der Waals surface area contributed by atoms with Crippen molar-refractivity contribution in [3.63, 3.8) is 0 Å². The van der Waals surface area contributed by atoms with Crippen LogP contribution in [-0.2, 0) is 0 Å². The summed E-state index contributed by atoms with van der Waals surface area (Å²) in [4.78, 5) is 0.975. The van der Waals surface area contributed by atoms with Gasteiger partial charge in [-0.3, -0.25) is 0 Å². The van der Waals surface area contributed by atoms with Gasteiger partial charge in [0.1, 0.15) is 4.88 Å². The second-order valence-electron chi connectivity index (χ2n) is 2.52. The summed E-state index contributed by atoms with van der Waals surface area (Å²) in [6.07, 6.45) is 1.50. The summed E-state index contributed by atoms with van der Waals surface area (Å²) < 4.78 is 1.91. The molecule has 0 unspecified atom stereocenters. The fourth-order valence-electron chi connectivity index (χ4n) is 1.07. The summed E-state index contributed by atoms with van der Waals surface area (Å²) in [5.74, 6) is 0. The highest BCUT2D eigenvalue weighted by atomic mass is 79.9. The van der Waals surface area contributed by atoms with Crippen LogP contribution in [0.15, 0.2) is 40.3 Å².